The Bertz CT molecular complexity index is 592. The predicted octanol–water partition coefficient (Wildman–Crippen LogP) is 2.93. The minimum Gasteiger partial charge on any atom is -0.488 e. The van der Waals surface area contributed by atoms with Gasteiger partial charge in [-0.3, -0.25) is 0 Å². The van der Waals surface area contributed by atoms with E-state index in [1.807, 2.05) is 30.3 Å². The van der Waals surface area contributed by atoms with Crippen molar-refractivity contribution in [2.24, 2.45) is 0 Å². The molecule has 1 atom stereocenters. The lowest BCUT2D eigenvalue weighted by Crippen LogP contribution is -2.28. The van der Waals surface area contributed by atoms with Crippen molar-refractivity contribution in [2.45, 2.75) is 12.6 Å². The van der Waals surface area contributed by atoms with Gasteiger partial charge in [0.15, 0.2) is 11.6 Å². The van der Waals surface area contributed by atoms with E-state index in [1.165, 1.54) is 12.1 Å². The molecule has 0 aliphatic rings. The average Bonchev–Trinajstić information content (AvgIpc) is 2.56. The van der Waals surface area contributed by atoms with Crippen LogP contribution in [-0.4, -0.2) is 30.9 Å². The molecule has 0 saturated carbocycles. The standard InChI is InChI=1S/C17H20FNO3/c1-19(21-2)16(14-6-4-3-5-7-14)12-22-17-9-8-13(11-20)10-15(17)18/h3-10,16,20H,11-12H2,1-2H3. The van der Waals surface area contributed by atoms with Crippen LogP contribution >= 0.6 is 0 Å². The van der Waals surface area contributed by atoms with E-state index >= 15 is 0 Å². The number of hydrogen-bond donors (Lipinski definition) is 1. The van der Waals surface area contributed by atoms with E-state index in [1.54, 1.807) is 25.3 Å². The Balaban J connectivity index is 2.12. The fraction of sp³-hybridized carbons (Fsp3) is 0.294. The fourth-order valence-corrected chi connectivity index (χ4v) is 2.14. The molecule has 0 aromatic heterocycles. The zero-order valence-corrected chi connectivity index (χ0v) is 12.7. The fourth-order valence-electron chi connectivity index (χ4n) is 2.14. The number of hydroxylamine groups is 2. The van der Waals surface area contributed by atoms with Crippen LogP contribution in [0.3, 0.4) is 0 Å². The Hall–Kier alpha value is -1.95. The molecule has 0 bridgehead atoms. The summed E-state index contributed by atoms with van der Waals surface area (Å²) in [5.41, 5.74) is 1.53. The van der Waals surface area contributed by atoms with E-state index in [-0.39, 0.29) is 25.0 Å². The number of rotatable bonds is 7. The molecule has 0 heterocycles. The van der Waals surface area contributed by atoms with E-state index in [0.717, 1.165) is 5.56 Å². The van der Waals surface area contributed by atoms with Gasteiger partial charge in [0.25, 0.3) is 0 Å². The van der Waals surface area contributed by atoms with Gasteiger partial charge in [-0.05, 0) is 23.3 Å². The molecule has 2 rings (SSSR count). The van der Waals surface area contributed by atoms with Crippen LogP contribution in [0, 0.1) is 5.82 Å². The zero-order valence-electron chi connectivity index (χ0n) is 12.7. The lowest BCUT2D eigenvalue weighted by molar-refractivity contribution is -0.150. The molecule has 0 amide bonds. The van der Waals surface area contributed by atoms with Crippen LogP contribution in [-0.2, 0) is 11.4 Å². The van der Waals surface area contributed by atoms with E-state index in [9.17, 15) is 4.39 Å². The maximum Gasteiger partial charge on any atom is 0.165 e. The topological polar surface area (TPSA) is 41.9 Å². The molecule has 0 radical (unpaired) electrons. The van der Waals surface area contributed by atoms with Crippen molar-refractivity contribution < 1.29 is 19.1 Å². The van der Waals surface area contributed by atoms with Crippen LogP contribution in [0.2, 0.25) is 0 Å². The molecule has 0 aliphatic carbocycles. The number of aliphatic hydroxyl groups is 1. The second-order valence-electron chi connectivity index (χ2n) is 4.89. The molecule has 4 nitrogen and oxygen atoms in total. The highest BCUT2D eigenvalue weighted by atomic mass is 19.1. The SMILES string of the molecule is CON(C)C(COc1ccc(CO)cc1F)c1ccccc1. The van der Waals surface area contributed by atoms with E-state index in [0.29, 0.717) is 5.56 Å². The Morgan fingerprint density at radius 3 is 2.50 bits per heavy atom. The minimum absolute atomic E-state index is 0.155. The third kappa shape index (κ3) is 4.04. The highest BCUT2D eigenvalue weighted by Crippen LogP contribution is 2.23. The van der Waals surface area contributed by atoms with E-state index in [4.69, 9.17) is 14.7 Å². The van der Waals surface area contributed by atoms with Gasteiger partial charge in [-0.15, -0.1) is 0 Å². The lowest BCUT2D eigenvalue weighted by Gasteiger charge is -2.26. The largest absolute Gasteiger partial charge is 0.488 e. The summed E-state index contributed by atoms with van der Waals surface area (Å²) in [4.78, 5) is 5.25. The number of benzene rings is 2. The molecular formula is C17H20FNO3. The Kier molecular flexibility index (Phi) is 5.89. The maximum absolute atomic E-state index is 13.9. The third-order valence-electron chi connectivity index (χ3n) is 3.49. The molecule has 0 spiro atoms. The van der Waals surface area contributed by atoms with Crippen molar-refractivity contribution in [2.75, 3.05) is 20.8 Å². The van der Waals surface area contributed by atoms with Gasteiger partial charge in [-0.2, -0.15) is 5.06 Å². The first-order valence-corrected chi connectivity index (χ1v) is 6.99. The van der Waals surface area contributed by atoms with Crippen molar-refractivity contribution >= 4 is 0 Å². The van der Waals surface area contributed by atoms with Crippen LogP contribution in [0.15, 0.2) is 48.5 Å². The highest BCUT2D eigenvalue weighted by Gasteiger charge is 2.18. The Morgan fingerprint density at radius 1 is 1.18 bits per heavy atom. The second kappa shape index (κ2) is 7.89. The van der Waals surface area contributed by atoms with Crippen molar-refractivity contribution in [3.05, 3.63) is 65.5 Å². The summed E-state index contributed by atoms with van der Waals surface area (Å²) >= 11 is 0. The molecule has 0 aliphatic heterocycles. The van der Waals surface area contributed by atoms with Gasteiger partial charge in [-0.25, -0.2) is 4.39 Å². The van der Waals surface area contributed by atoms with Gasteiger partial charge < -0.3 is 14.7 Å². The number of hydrogen-bond acceptors (Lipinski definition) is 4. The van der Waals surface area contributed by atoms with Gasteiger partial charge >= 0.3 is 0 Å². The number of nitrogens with zero attached hydrogens (tertiary/aromatic N) is 1. The van der Waals surface area contributed by atoms with Gasteiger partial charge in [0, 0.05) is 7.05 Å². The summed E-state index contributed by atoms with van der Waals surface area (Å²) in [5.74, 6) is -0.332. The van der Waals surface area contributed by atoms with Crippen LogP contribution in [0.25, 0.3) is 0 Å². The molecule has 118 valence electrons. The smallest absolute Gasteiger partial charge is 0.165 e. The van der Waals surface area contributed by atoms with Gasteiger partial charge in [0.2, 0.25) is 0 Å². The van der Waals surface area contributed by atoms with E-state index in [2.05, 4.69) is 0 Å². The monoisotopic (exact) mass is 305 g/mol. The van der Waals surface area contributed by atoms with Crippen LogP contribution < -0.4 is 4.74 Å². The number of ether oxygens (including phenoxy) is 1. The number of likely N-dealkylation sites (N-methyl/N-ethyl adjacent to an activating group) is 1. The summed E-state index contributed by atoms with van der Waals surface area (Å²) in [6.45, 7) is 0.0417. The highest BCUT2D eigenvalue weighted by molar-refractivity contribution is 5.29. The number of halogens is 1. The molecule has 1 N–H and O–H groups in total. The lowest BCUT2D eigenvalue weighted by atomic mass is 10.1. The van der Waals surface area contributed by atoms with Gasteiger partial charge in [0.1, 0.15) is 6.61 Å². The molecule has 2 aromatic rings. The summed E-state index contributed by atoms with van der Waals surface area (Å²) in [5, 5.41) is 10.7. The summed E-state index contributed by atoms with van der Waals surface area (Å²) in [6.07, 6.45) is 0. The van der Waals surface area contributed by atoms with Crippen molar-refractivity contribution in [3.8, 4) is 5.75 Å². The summed E-state index contributed by atoms with van der Waals surface area (Å²) < 4.78 is 19.5. The first-order valence-electron chi connectivity index (χ1n) is 6.99. The van der Waals surface area contributed by atoms with Crippen LogP contribution in [0.1, 0.15) is 17.2 Å². The first-order chi connectivity index (χ1) is 10.7. The van der Waals surface area contributed by atoms with Gasteiger partial charge in [0.05, 0.1) is 19.8 Å². The van der Waals surface area contributed by atoms with Crippen molar-refractivity contribution in [3.63, 3.8) is 0 Å². The molecule has 0 fully saturated rings. The molecule has 2 aromatic carbocycles. The third-order valence-corrected chi connectivity index (χ3v) is 3.49. The second-order valence-corrected chi connectivity index (χ2v) is 4.89. The minimum atomic E-state index is -0.488. The van der Waals surface area contributed by atoms with E-state index < -0.39 is 5.82 Å². The Morgan fingerprint density at radius 2 is 1.91 bits per heavy atom. The average molecular weight is 305 g/mol. The molecule has 5 heteroatoms. The normalized spacial score (nSPS) is 12.4. The maximum atomic E-state index is 13.9. The zero-order chi connectivity index (χ0) is 15.9. The van der Waals surface area contributed by atoms with Gasteiger partial charge in [-0.1, -0.05) is 36.4 Å². The van der Waals surface area contributed by atoms with Crippen LogP contribution in [0.4, 0.5) is 4.39 Å². The predicted molar refractivity (Wildman–Crippen MR) is 81.8 cm³/mol. The quantitative estimate of drug-likeness (QED) is 0.799. The number of aliphatic hydroxyl groups excluding tert-OH is 1. The first kappa shape index (κ1) is 16.4. The molecule has 0 saturated heterocycles. The molecule has 22 heavy (non-hydrogen) atoms. The van der Waals surface area contributed by atoms with Crippen molar-refractivity contribution in [1.82, 2.24) is 5.06 Å². The van der Waals surface area contributed by atoms with Crippen molar-refractivity contribution in [1.29, 1.82) is 0 Å². The molecule has 1 unspecified atom stereocenters. The van der Waals surface area contributed by atoms with Crippen LogP contribution in [0.5, 0.6) is 5.75 Å². The Labute approximate surface area is 129 Å². The summed E-state index contributed by atoms with van der Waals surface area (Å²) in [7, 11) is 3.37. The molecular weight excluding hydrogens is 285 g/mol. The summed E-state index contributed by atoms with van der Waals surface area (Å²) in [6, 6.07) is 14.0.